The zero-order valence-corrected chi connectivity index (χ0v) is 10.8. The van der Waals surface area contributed by atoms with Gasteiger partial charge in [-0.2, -0.15) is 0 Å². The summed E-state index contributed by atoms with van der Waals surface area (Å²) in [5.41, 5.74) is 3.53. The van der Waals surface area contributed by atoms with Gasteiger partial charge in [-0.1, -0.05) is 42.5 Å². The molecule has 0 saturated heterocycles. The summed E-state index contributed by atoms with van der Waals surface area (Å²) in [5, 5.41) is 3.14. The van der Waals surface area contributed by atoms with Crippen LogP contribution in [0.5, 0.6) is 0 Å². The van der Waals surface area contributed by atoms with Crippen LogP contribution in [0, 0.1) is 0 Å². The van der Waals surface area contributed by atoms with Crippen LogP contribution in [0.1, 0.15) is 27.9 Å². The van der Waals surface area contributed by atoms with Crippen molar-refractivity contribution in [3.63, 3.8) is 0 Å². The van der Waals surface area contributed by atoms with Crippen LogP contribution in [0.4, 0.5) is 0 Å². The van der Waals surface area contributed by atoms with Gasteiger partial charge < -0.3 is 5.32 Å². The maximum atomic E-state index is 12.1. The predicted octanol–water partition coefficient (Wildman–Crippen LogP) is 2.97. The van der Waals surface area contributed by atoms with Gasteiger partial charge in [0.2, 0.25) is 0 Å². The minimum Gasteiger partial charge on any atom is -0.349 e. The van der Waals surface area contributed by atoms with Crippen LogP contribution in [0.2, 0.25) is 0 Å². The van der Waals surface area contributed by atoms with Gasteiger partial charge in [-0.3, -0.25) is 4.79 Å². The van der Waals surface area contributed by atoms with E-state index in [1.807, 2.05) is 30.3 Å². The van der Waals surface area contributed by atoms with Crippen molar-refractivity contribution in [2.45, 2.75) is 25.3 Å². The molecule has 2 aromatic carbocycles. The number of amides is 1. The Bertz CT molecular complexity index is 577. The number of benzene rings is 2. The molecule has 0 radical (unpaired) electrons. The monoisotopic (exact) mass is 251 g/mol. The minimum atomic E-state index is 0.0324. The highest BCUT2D eigenvalue weighted by atomic mass is 16.1. The molecule has 1 aliphatic carbocycles. The Morgan fingerprint density at radius 1 is 0.947 bits per heavy atom. The first-order chi connectivity index (χ1) is 9.33. The Labute approximate surface area is 113 Å². The second kappa shape index (κ2) is 5.27. The van der Waals surface area contributed by atoms with Crippen LogP contribution in [0.25, 0.3) is 0 Å². The maximum absolute atomic E-state index is 12.1. The van der Waals surface area contributed by atoms with Crippen LogP contribution in [0.15, 0.2) is 54.6 Å². The van der Waals surface area contributed by atoms with Crippen molar-refractivity contribution in [1.82, 2.24) is 5.32 Å². The highest BCUT2D eigenvalue weighted by Crippen LogP contribution is 2.21. The first kappa shape index (κ1) is 12.0. The zero-order chi connectivity index (χ0) is 13.1. The lowest BCUT2D eigenvalue weighted by Gasteiger charge is -2.25. The smallest absolute Gasteiger partial charge is 0.251 e. The molecule has 0 aromatic heterocycles. The first-order valence-corrected chi connectivity index (χ1v) is 6.75. The summed E-state index contributed by atoms with van der Waals surface area (Å²) in [6, 6.07) is 18.2. The molecule has 96 valence electrons. The Morgan fingerprint density at radius 3 is 2.42 bits per heavy atom. The molecule has 2 nitrogen and oxygen atoms in total. The summed E-state index contributed by atoms with van der Waals surface area (Å²) in [4.78, 5) is 12.1. The van der Waals surface area contributed by atoms with E-state index in [1.54, 1.807) is 0 Å². The second-order valence-corrected chi connectivity index (χ2v) is 5.05. The molecule has 1 aliphatic rings. The predicted molar refractivity (Wildman–Crippen MR) is 76.2 cm³/mol. The number of carbonyl (C=O) groups excluding carboxylic acids is 1. The van der Waals surface area contributed by atoms with Crippen LogP contribution in [0.3, 0.4) is 0 Å². The Balaban J connectivity index is 1.68. The van der Waals surface area contributed by atoms with Gasteiger partial charge >= 0.3 is 0 Å². The number of hydrogen-bond acceptors (Lipinski definition) is 1. The molecule has 1 N–H and O–H groups in total. The third kappa shape index (κ3) is 2.68. The van der Waals surface area contributed by atoms with E-state index in [1.165, 1.54) is 11.1 Å². The van der Waals surface area contributed by atoms with Crippen molar-refractivity contribution in [3.8, 4) is 0 Å². The SMILES string of the molecule is O=C(N[C@@H]1CCc2ccccc2C1)c1ccccc1. The summed E-state index contributed by atoms with van der Waals surface area (Å²) < 4.78 is 0. The quantitative estimate of drug-likeness (QED) is 0.873. The average Bonchev–Trinajstić information content (AvgIpc) is 2.48. The Kier molecular flexibility index (Phi) is 3.32. The summed E-state index contributed by atoms with van der Waals surface area (Å²) >= 11 is 0. The molecular weight excluding hydrogens is 234 g/mol. The van der Waals surface area contributed by atoms with Crippen molar-refractivity contribution < 1.29 is 4.79 Å². The van der Waals surface area contributed by atoms with E-state index < -0.39 is 0 Å². The highest BCUT2D eigenvalue weighted by molar-refractivity contribution is 5.94. The van der Waals surface area contributed by atoms with Crippen molar-refractivity contribution in [3.05, 3.63) is 71.3 Å². The summed E-state index contributed by atoms with van der Waals surface area (Å²) in [5.74, 6) is 0.0324. The molecule has 0 saturated carbocycles. The molecule has 2 heteroatoms. The molecule has 1 amide bonds. The van der Waals surface area contributed by atoms with Crippen LogP contribution in [-0.2, 0) is 12.8 Å². The maximum Gasteiger partial charge on any atom is 0.251 e. The average molecular weight is 251 g/mol. The van der Waals surface area contributed by atoms with Crippen LogP contribution in [-0.4, -0.2) is 11.9 Å². The highest BCUT2D eigenvalue weighted by Gasteiger charge is 2.20. The largest absolute Gasteiger partial charge is 0.349 e. The number of hydrogen-bond donors (Lipinski definition) is 1. The van der Waals surface area contributed by atoms with Gasteiger partial charge in [-0.15, -0.1) is 0 Å². The zero-order valence-electron chi connectivity index (χ0n) is 10.8. The van der Waals surface area contributed by atoms with Gasteiger partial charge in [0, 0.05) is 11.6 Å². The molecule has 1 atom stereocenters. The number of fused-ring (bicyclic) bond motifs is 1. The molecule has 0 spiro atoms. The number of aryl methyl sites for hydroxylation is 1. The molecule has 19 heavy (non-hydrogen) atoms. The summed E-state index contributed by atoms with van der Waals surface area (Å²) in [6.45, 7) is 0. The van der Waals surface area contributed by atoms with Crippen LogP contribution < -0.4 is 5.32 Å². The number of carbonyl (C=O) groups is 1. The molecule has 0 fully saturated rings. The lowest BCUT2D eigenvalue weighted by atomic mass is 9.88. The standard InChI is InChI=1S/C17H17NO/c19-17(14-7-2-1-3-8-14)18-16-11-10-13-6-4-5-9-15(13)12-16/h1-9,16H,10-12H2,(H,18,19)/t16-/m1/s1. The summed E-state index contributed by atoms with van der Waals surface area (Å²) in [7, 11) is 0. The van der Waals surface area contributed by atoms with E-state index in [0.29, 0.717) is 0 Å². The normalized spacial score (nSPS) is 17.6. The van der Waals surface area contributed by atoms with Gasteiger partial charge in [0.25, 0.3) is 5.91 Å². The molecule has 2 aromatic rings. The third-order valence-electron chi connectivity index (χ3n) is 3.72. The van der Waals surface area contributed by atoms with E-state index in [4.69, 9.17) is 0 Å². The lowest BCUT2D eigenvalue weighted by molar-refractivity contribution is 0.0933. The second-order valence-electron chi connectivity index (χ2n) is 5.05. The Morgan fingerprint density at radius 2 is 1.63 bits per heavy atom. The summed E-state index contributed by atoms with van der Waals surface area (Å²) in [6.07, 6.45) is 3.01. The van der Waals surface area contributed by atoms with Gasteiger partial charge in [-0.05, 0) is 42.5 Å². The van der Waals surface area contributed by atoms with E-state index in [-0.39, 0.29) is 11.9 Å². The van der Waals surface area contributed by atoms with E-state index in [0.717, 1.165) is 24.8 Å². The number of rotatable bonds is 2. The Hall–Kier alpha value is -2.09. The molecule has 0 aliphatic heterocycles. The van der Waals surface area contributed by atoms with Crippen molar-refractivity contribution in [2.75, 3.05) is 0 Å². The molecule has 0 unspecified atom stereocenters. The molecule has 0 heterocycles. The van der Waals surface area contributed by atoms with Crippen LogP contribution >= 0.6 is 0 Å². The lowest BCUT2D eigenvalue weighted by Crippen LogP contribution is -2.38. The number of nitrogens with one attached hydrogen (secondary N) is 1. The van der Waals surface area contributed by atoms with Crippen molar-refractivity contribution in [1.29, 1.82) is 0 Å². The molecular formula is C17H17NO. The van der Waals surface area contributed by atoms with Gasteiger partial charge in [0.1, 0.15) is 0 Å². The van der Waals surface area contributed by atoms with Gasteiger partial charge in [0.05, 0.1) is 0 Å². The fraction of sp³-hybridized carbons (Fsp3) is 0.235. The van der Waals surface area contributed by atoms with Gasteiger partial charge in [-0.25, -0.2) is 0 Å². The molecule has 3 rings (SSSR count). The van der Waals surface area contributed by atoms with Crippen molar-refractivity contribution in [2.24, 2.45) is 0 Å². The van der Waals surface area contributed by atoms with E-state index >= 15 is 0 Å². The minimum absolute atomic E-state index is 0.0324. The topological polar surface area (TPSA) is 29.1 Å². The molecule has 0 bridgehead atoms. The fourth-order valence-corrected chi connectivity index (χ4v) is 2.68. The van der Waals surface area contributed by atoms with Gasteiger partial charge in [0.15, 0.2) is 0 Å². The van der Waals surface area contributed by atoms with E-state index in [2.05, 4.69) is 29.6 Å². The first-order valence-electron chi connectivity index (χ1n) is 6.75. The van der Waals surface area contributed by atoms with E-state index in [9.17, 15) is 4.79 Å². The van der Waals surface area contributed by atoms with Crippen molar-refractivity contribution >= 4 is 5.91 Å². The fourth-order valence-electron chi connectivity index (χ4n) is 2.68. The third-order valence-corrected chi connectivity index (χ3v) is 3.72.